The number of hydrogen-bond acceptors (Lipinski definition) is 6. The molecule has 2 heterocycles. The number of anilines is 1. The van der Waals surface area contributed by atoms with Gasteiger partial charge in [0.1, 0.15) is 11.0 Å². The number of halogens is 3. The molecule has 3 N–H and O–H groups in total. The number of rotatable bonds is 5. The monoisotopic (exact) mass is 410 g/mol. The summed E-state index contributed by atoms with van der Waals surface area (Å²) in [6, 6.07) is 5.02. The van der Waals surface area contributed by atoms with Crippen molar-refractivity contribution in [2.45, 2.75) is 19.1 Å². The number of hydrogen-bond donors (Lipinski definition) is 2. The Bertz CT molecular complexity index is 1030. The number of benzene rings is 1. The highest BCUT2D eigenvalue weighted by Gasteiger charge is 2.31. The van der Waals surface area contributed by atoms with E-state index in [0.29, 0.717) is 0 Å². The molecule has 0 aliphatic heterocycles. The Kier molecular flexibility index (Phi) is 5.14. The van der Waals surface area contributed by atoms with Crippen molar-refractivity contribution in [3.63, 3.8) is 0 Å². The van der Waals surface area contributed by atoms with Gasteiger partial charge in [0.05, 0.1) is 11.1 Å². The second-order valence-electron chi connectivity index (χ2n) is 5.70. The summed E-state index contributed by atoms with van der Waals surface area (Å²) in [7, 11) is 0. The van der Waals surface area contributed by atoms with Gasteiger partial charge in [0, 0.05) is 5.56 Å². The van der Waals surface area contributed by atoms with E-state index in [-0.39, 0.29) is 22.0 Å². The molecule has 0 radical (unpaired) electrons. The maximum Gasteiger partial charge on any atom is 0.416 e. The molecule has 146 valence electrons. The minimum atomic E-state index is -4.50. The summed E-state index contributed by atoms with van der Waals surface area (Å²) < 4.78 is 38.5. The van der Waals surface area contributed by atoms with Crippen molar-refractivity contribution in [2.75, 3.05) is 5.32 Å². The Morgan fingerprint density at radius 1 is 1.29 bits per heavy atom. The van der Waals surface area contributed by atoms with E-state index >= 15 is 0 Å². The molecule has 1 unspecified atom stereocenters. The van der Waals surface area contributed by atoms with Crippen LogP contribution in [0.1, 0.15) is 28.9 Å². The van der Waals surface area contributed by atoms with Crippen LogP contribution in [0.5, 0.6) is 0 Å². The van der Waals surface area contributed by atoms with Crippen LogP contribution < -0.4 is 11.1 Å². The van der Waals surface area contributed by atoms with E-state index in [1.165, 1.54) is 25.1 Å². The lowest BCUT2D eigenvalue weighted by Gasteiger charge is -2.10. The van der Waals surface area contributed by atoms with Crippen LogP contribution in [0.3, 0.4) is 0 Å². The molecule has 0 saturated heterocycles. The fourth-order valence-electron chi connectivity index (χ4n) is 2.26. The summed E-state index contributed by atoms with van der Waals surface area (Å²) in [5.74, 6) is -1.28. The van der Waals surface area contributed by atoms with E-state index in [2.05, 4.69) is 20.7 Å². The Balaban J connectivity index is 1.79. The van der Waals surface area contributed by atoms with Crippen LogP contribution in [0.25, 0.3) is 11.4 Å². The third-order valence-electron chi connectivity index (χ3n) is 3.77. The third-order valence-corrected chi connectivity index (χ3v) is 4.60. The molecule has 12 heteroatoms. The minimum absolute atomic E-state index is 0.0558. The molecule has 0 aliphatic rings. The van der Waals surface area contributed by atoms with Crippen LogP contribution >= 0.6 is 11.3 Å². The summed E-state index contributed by atoms with van der Waals surface area (Å²) in [5, 5.41) is 15.9. The molecule has 1 atom stereocenters. The smallest absolute Gasteiger partial charge is 0.366 e. The van der Waals surface area contributed by atoms with E-state index in [9.17, 15) is 22.8 Å². The summed E-state index contributed by atoms with van der Waals surface area (Å²) in [4.78, 5) is 24.7. The molecule has 28 heavy (non-hydrogen) atoms. The quantitative estimate of drug-likeness (QED) is 0.671. The van der Waals surface area contributed by atoms with Crippen molar-refractivity contribution in [3.8, 4) is 11.4 Å². The molecule has 8 nitrogen and oxygen atoms in total. The fourth-order valence-corrected chi connectivity index (χ4v) is 3.06. The maximum absolute atomic E-state index is 12.8. The summed E-state index contributed by atoms with van der Waals surface area (Å²) >= 11 is 1.12. The first-order chi connectivity index (χ1) is 13.2. The fraction of sp³-hybridized carbons (Fsp3) is 0.188. The number of tetrazole rings is 1. The van der Waals surface area contributed by atoms with E-state index in [4.69, 9.17) is 5.73 Å². The molecular weight excluding hydrogens is 397 g/mol. The van der Waals surface area contributed by atoms with Gasteiger partial charge in [0.25, 0.3) is 11.8 Å². The molecule has 1 aromatic carbocycles. The molecule has 0 bridgehead atoms. The van der Waals surface area contributed by atoms with Crippen molar-refractivity contribution in [1.29, 1.82) is 0 Å². The van der Waals surface area contributed by atoms with E-state index in [0.717, 1.165) is 28.3 Å². The number of carbonyl (C=O) groups is 2. The Morgan fingerprint density at radius 2 is 2.04 bits per heavy atom. The van der Waals surface area contributed by atoms with Gasteiger partial charge in [0.2, 0.25) is 5.82 Å². The molecule has 3 aromatic rings. The van der Waals surface area contributed by atoms with Gasteiger partial charge in [-0.1, -0.05) is 12.1 Å². The summed E-state index contributed by atoms with van der Waals surface area (Å²) in [6.07, 6.45) is -4.50. The predicted molar refractivity (Wildman–Crippen MR) is 94.4 cm³/mol. The van der Waals surface area contributed by atoms with Gasteiger partial charge in [-0.3, -0.25) is 9.59 Å². The number of alkyl halides is 3. The molecule has 2 amide bonds. The van der Waals surface area contributed by atoms with Crippen molar-refractivity contribution in [3.05, 3.63) is 46.8 Å². The van der Waals surface area contributed by atoms with E-state index < -0.39 is 29.6 Å². The Morgan fingerprint density at radius 3 is 2.71 bits per heavy atom. The van der Waals surface area contributed by atoms with Gasteiger partial charge in [-0.15, -0.1) is 21.5 Å². The zero-order valence-corrected chi connectivity index (χ0v) is 15.1. The molecule has 0 spiro atoms. The SMILES string of the molecule is CC(C(=O)Nc1sccc1C(N)=O)n1nnc(-c2cccc(C(F)(F)F)c2)n1. The molecule has 0 aliphatic carbocycles. The van der Waals surface area contributed by atoms with Crippen LogP contribution in [-0.2, 0) is 11.0 Å². The third kappa shape index (κ3) is 4.01. The van der Waals surface area contributed by atoms with Crippen LogP contribution in [-0.4, -0.2) is 32.0 Å². The van der Waals surface area contributed by atoms with Crippen LogP contribution in [0.4, 0.5) is 18.2 Å². The topological polar surface area (TPSA) is 116 Å². The van der Waals surface area contributed by atoms with E-state index in [1.807, 2.05) is 0 Å². The van der Waals surface area contributed by atoms with Crippen molar-refractivity contribution >= 4 is 28.2 Å². The number of amides is 2. The molecule has 2 aromatic heterocycles. The maximum atomic E-state index is 12.8. The van der Waals surface area contributed by atoms with Crippen molar-refractivity contribution in [1.82, 2.24) is 20.2 Å². The van der Waals surface area contributed by atoms with Gasteiger partial charge in [-0.2, -0.15) is 18.0 Å². The lowest BCUT2D eigenvalue weighted by Crippen LogP contribution is -2.26. The van der Waals surface area contributed by atoms with Crippen molar-refractivity contribution in [2.24, 2.45) is 5.73 Å². The van der Waals surface area contributed by atoms with Crippen LogP contribution in [0, 0.1) is 0 Å². The second-order valence-corrected chi connectivity index (χ2v) is 6.62. The van der Waals surface area contributed by atoms with Crippen LogP contribution in [0.2, 0.25) is 0 Å². The predicted octanol–water partition coefficient (Wildman–Crippen LogP) is 2.72. The number of nitrogens with one attached hydrogen (secondary N) is 1. The largest absolute Gasteiger partial charge is 0.416 e. The lowest BCUT2D eigenvalue weighted by molar-refractivity contribution is -0.137. The molecule has 0 fully saturated rings. The highest BCUT2D eigenvalue weighted by Crippen LogP contribution is 2.31. The number of thiophene rings is 1. The zero-order chi connectivity index (χ0) is 20.5. The zero-order valence-electron chi connectivity index (χ0n) is 14.3. The van der Waals surface area contributed by atoms with Crippen molar-refractivity contribution < 1.29 is 22.8 Å². The summed E-state index contributed by atoms with van der Waals surface area (Å²) in [5.41, 5.74) is 4.67. The summed E-state index contributed by atoms with van der Waals surface area (Å²) in [6.45, 7) is 1.48. The van der Waals surface area contributed by atoms with Gasteiger partial charge < -0.3 is 11.1 Å². The average Bonchev–Trinajstić information content (AvgIpc) is 3.30. The first-order valence-electron chi connectivity index (χ1n) is 7.82. The Labute approximate surface area is 160 Å². The van der Waals surface area contributed by atoms with Gasteiger partial charge in [0.15, 0.2) is 0 Å². The normalized spacial score (nSPS) is 12.6. The van der Waals surface area contributed by atoms with Gasteiger partial charge in [-0.25, -0.2) is 0 Å². The Hall–Kier alpha value is -3.28. The first kappa shape index (κ1) is 19.5. The average molecular weight is 410 g/mol. The second kappa shape index (κ2) is 7.38. The molecule has 0 saturated carbocycles. The minimum Gasteiger partial charge on any atom is -0.366 e. The first-order valence-corrected chi connectivity index (χ1v) is 8.70. The number of carbonyl (C=O) groups excluding carboxylic acids is 2. The number of primary amides is 1. The highest BCUT2D eigenvalue weighted by atomic mass is 32.1. The van der Waals surface area contributed by atoms with Gasteiger partial charge in [-0.05, 0) is 35.7 Å². The molecular formula is C16H13F3N6O2S. The number of nitrogens with two attached hydrogens (primary N) is 1. The number of nitrogens with zero attached hydrogens (tertiary/aromatic N) is 4. The number of aromatic nitrogens is 4. The highest BCUT2D eigenvalue weighted by molar-refractivity contribution is 7.14. The standard InChI is InChI=1S/C16H13F3N6O2S/c1-8(14(27)21-15-11(12(20)26)5-6-28-15)25-23-13(22-24-25)9-3-2-4-10(7-9)16(17,18)19/h2-8H,1H3,(H2,20,26)(H,21,27). The van der Waals surface area contributed by atoms with Gasteiger partial charge >= 0.3 is 6.18 Å². The van der Waals surface area contributed by atoms with Crippen LogP contribution in [0.15, 0.2) is 35.7 Å². The van der Waals surface area contributed by atoms with E-state index in [1.54, 1.807) is 5.38 Å². The molecule has 3 rings (SSSR count). The lowest BCUT2D eigenvalue weighted by atomic mass is 10.1.